The van der Waals surface area contributed by atoms with Crippen LogP contribution in [0.25, 0.3) is 0 Å². The third-order valence-electron chi connectivity index (χ3n) is 5.17. The van der Waals surface area contributed by atoms with E-state index in [1.54, 1.807) is 0 Å². The number of ether oxygens (including phenoxy) is 2. The van der Waals surface area contributed by atoms with E-state index in [0.717, 1.165) is 10.5 Å². The molecule has 31 heavy (non-hydrogen) atoms. The normalized spacial score (nSPS) is 20.3. The minimum absolute atomic E-state index is 0.0208. The number of benzene rings is 2. The zero-order chi connectivity index (χ0) is 22.0. The van der Waals surface area contributed by atoms with Crippen molar-refractivity contribution in [2.75, 3.05) is 6.61 Å². The first-order chi connectivity index (χ1) is 15.0. The van der Waals surface area contributed by atoms with Crippen molar-refractivity contribution in [2.45, 2.75) is 31.7 Å². The summed E-state index contributed by atoms with van der Waals surface area (Å²) in [7, 11) is 0. The van der Waals surface area contributed by atoms with E-state index in [2.05, 4.69) is 5.32 Å². The van der Waals surface area contributed by atoms with E-state index in [1.807, 2.05) is 30.3 Å². The number of aliphatic hydroxyl groups is 1. The average molecular weight is 424 g/mol. The first-order valence-electron chi connectivity index (χ1n) is 9.76. The van der Waals surface area contributed by atoms with E-state index >= 15 is 0 Å². The van der Waals surface area contributed by atoms with Gasteiger partial charge in [0.2, 0.25) is 5.91 Å². The third kappa shape index (κ3) is 4.13. The highest BCUT2D eigenvalue weighted by Crippen LogP contribution is 2.34. The van der Waals surface area contributed by atoms with Crippen LogP contribution in [0.5, 0.6) is 5.75 Å². The van der Waals surface area contributed by atoms with Crippen molar-refractivity contribution in [2.24, 2.45) is 0 Å². The molecular weight excluding hydrogens is 404 g/mol. The summed E-state index contributed by atoms with van der Waals surface area (Å²) in [5.41, 5.74) is 0.961. The Balaban J connectivity index is 1.44. The summed E-state index contributed by atoms with van der Waals surface area (Å²) in [6.45, 7) is -0.348. The van der Waals surface area contributed by atoms with E-state index in [1.165, 1.54) is 18.2 Å². The van der Waals surface area contributed by atoms with Crippen LogP contribution in [0.3, 0.4) is 0 Å². The van der Waals surface area contributed by atoms with Crippen molar-refractivity contribution < 1.29 is 33.8 Å². The van der Waals surface area contributed by atoms with Gasteiger partial charge in [-0.3, -0.25) is 19.3 Å². The zero-order valence-corrected chi connectivity index (χ0v) is 16.4. The molecule has 0 spiro atoms. The molecule has 1 fully saturated rings. The van der Waals surface area contributed by atoms with Crippen LogP contribution in [0.15, 0.2) is 48.5 Å². The molecule has 0 radical (unpaired) electrons. The van der Waals surface area contributed by atoms with Crippen LogP contribution in [0.1, 0.15) is 39.1 Å². The maximum Gasteiger partial charge on any atom is 0.344 e. The predicted molar refractivity (Wildman–Crippen MR) is 106 cm³/mol. The minimum Gasteiger partial charge on any atom is -0.481 e. The summed E-state index contributed by atoms with van der Waals surface area (Å²) in [4.78, 5) is 50.2. The second-order valence-corrected chi connectivity index (χ2v) is 7.21. The van der Waals surface area contributed by atoms with Gasteiger partial charge in [0.25, 0.3) is 11.8 Å². The molecular formula is C22H20N2O7. The highest BCUT2D eigenvalue weighted by molar-refractivity contribution is 6.23. The lowest BCUT2D eigenvalue weighted by molar-refractivity contribution is -0.147. The fraction of sp³-hybridized carbons (Fsp3) is 0.273. The molecule has 160 valence electrons. The van der Waals surface area contributed by atoms with Gasteiger partial charge in [0.05, 0.1) is 17.2 Å². The molecule has 9 heteroatoms. The van der Waals surface area contributed by atoms with Crippen LogP contribution < -0.4 is 10.1 Å². The maximum absolute atomic E-state index is 13.0. The van der Waals surface area contributed by atoms with Crippen LogP contribution in [0.4, 0.5) is 0 Å². The second-order valence-electron chi connectivity index (χ2n) is 7.21. The van der Waals surface area contributed by atoms with E-state index in [-0.39, 0.29) is 42.2 Å². The summed E-state index contributed by atoms with van der Waals surface area (Å²) < 4.78 is 10.6. The second kappa shape index (κ2) is 8.57. The quantitative estimate of drug-likeness (QED) is 0.524. The standard InChI is InChI=1S/C22H20N2O7/c25-17-10-9-15(20(27)23-17)24-21(28)14-7-4-8-16(19(14)22(24)29)30-12-18(26)31-11-13-5-2-1-3-6-13/h1-8,15,20,27H,9-12H2,(H,23,25). The van der Waals surface area contributed by atoms with Crippen LogP contribution >= 0.6 is 0 Å². The van der Waals surface area contributed by atoms with Gasteiger partial charge in [0, 0.05) is 6.42 Å². The number of imide groups is 1. The minimum atomic E-state index is -1.35. The molecule has 2 aromatic carbocycles. The number of fused-ring (bicyclic) bond motifs is 1. The predicted octanol–water partition coefficient (Wildman–Crippen LogP) is 1.00. The SMILES string of the molecule is O=C1CCC(N2C(=O)c3cccc(OCC(=O)OCc4ccccc4)c3C2=O)C(O)N1. The van der Waals surface area contributed by atoms with Crippen molar-refractivity contribution in [1.29, 1.82) is 0 Å². The molecule has 2 aliphatic rings. The fourth-order valence-electron chi connectivity index (χ4n) is 3.65. The molecule has 9 nitrogen and oxygen atoms in total. The Morgan fingerprint density at radius 2 is 1.84 bits per heavy atom. The Morgan fingerprint density at radius 3 is 2.58 bits per heavy atom. The van der Waals surface area contributed by atoms with E-state index in [9.17, 15) is 24.3 Å². The summed E-state index contributed by atoms with van der Waals surface area (Å²) in [6, 6.07) is 12.8. The monoisotopic (exact) mass is 424 g/mol. The number of nitrogens with zero attached hydrogens (tertiary/aromatic N) is 1. The Hall–Kier alpha value is -3.72. The number of carbonyl (C=O) groups is 4. The Kier molecular flexibility index (Phi) is 5.68. The van der Waals surface area contributed by atoms with E-state index in [0.29, 0.717) is 0 Å². The molecule has 0 aromatic heterocycles. The fourth-order valence-corrected chi connectivity index (χ4v) is 3.65. The van der Waals surface area contributed by atoms with Crippen LogP contribution in [0, 0.1) is 0 Å². The number of rotatable bonds is 6. The number of hydrogen-bond donors (Lipinski definition) is 2. The lowest BCUT2D eigenvalue weighted by Gasteiger charge is -2.33. The first kappa shape index (κ1) is 20.5. The first-order valence-corrected chi connectivity index (χ1v) is 9.76. The number of nitrogens with one attached hydrogen (secondary N) is 1. The molecule has 2 aliphatic heterocycles. The van der Waals surface area contributed by atoms with Crippen molar-refractivity contribution in [3.05, 3.63) is 65.2 Å². The number of carbonyl (C=O) groups excluding carboxylic acids is 4. The van der Waals surface area contributed by atoms with Gasteiger partial charge in [-0.15, -0.1) is 0 Å². The Morgan fingerprint density at radius 1 is 1.06 bits per heavy atom. The molecule has 3 amide bonds. The molecule has 1 saturated heterocycles. The van der Waals surface area contributed by atoms with Crippen molar-refractivity contribution >= 4 is 23.7 Å². The number of amides is 3. The Bertz CT molecular complexity index is 1040. The van der Waals surface area contributed by atoms with E-state index < -0.39 is 36.7 Å². The van der Waals surface area contributed by atoms with Crippen LogP contribution in [-0.2, 0) is 20.9 Å². The topological polar surface area (TPSA) is 122 Å². The average Bonchev–Trinajstić information content (AvgIpc) is 3.02. The smallest absolute Gasteiger partial charge is 0.344 e. The molecule has 2 aromatic rings. The molecule has 2 heterocycles. The Labute approximate surface area is 177 Å². The van der Waals surface area contributed by atoms with Gasteiger partial charge in [-0.1, -0.05) is 36.4 Å². The van der Waals surface area contributed by atoms with Gasteiger partial charge in [-0.05, 0) is 24.1 Å². The molecule has 0 saturated carbocycles. The van der Waals surface area contributed by atoms with Crippen LogP contribution in [-0.4, -0.2) is 52.6 Å². The molecule has 4 rings (SSSR count). The lowest BCUT2D eigenvalue weighted by Crippen LogP contribution is -2.57. The number of aliphatic hydroxyl groups excluding tert-OH is 1. The highest BCUT2D eigenvalue weighted by Gasteiger charge is 2.45. The maximum atomic E-state index is 13.0. The summed E-state index contributed by atoms with van der Waals surface area (Å²) in [6.07, 6.45) is -1.10. The van der Waals surface area contributed by atoms with Crippen molar-refractivity contribution in [1.82, 2.24) is 10.2 Å². The highest BCUT2D eigenvalue weighted by atomic mass is 16.6. The van der Waals surface area contributed by atoms with Gasteiger partial charge in [-0.25, -0.2) is 4.79 Å². The lowest BCUT2D eigenvalue weighted by atomic mass is 10.0. The largest absolute Gasteiger partial charge is 0.481 e. The third-order valence-corrected chi connectivity index (χ3v) is 5.17. The van der Waals surface area contributed by atoms with Gasteiger partial charge < -0.3 is 19.9 Å². The van der Waals surface area contributed by atoms with Crippen molar-refractivity contribution in [3.63, 3.8) is 0 Å². The molecule has 2 atom stereocenters. The molecule has 2 unspecified atom stereocenters. The zero-order valence-electron chi connectivity index (χ0n) is 16.4. The molecule has 2 N–H and O–H groups in total. The van der Waals surface area contributed by atoms with Gasteiger partial charge >= 0.3 is 5.97 Å². The van der Waals surface area contributed by atoms with Crippen LogP contribution in [0.2, 0.25) is 0 Å². The summed E-state index contributed by atoms with van der Waals surface area (Å²) in [5.74, 6) is -2.13. The summed E-state index contributed by atoms with van der Waals surface area (Å²) >= 11 is 0. The summed E-state index contributed by atoms with van der Waals surface area (Å²) in [5, 5.41) is 12.5. The van der Waals surface area contributed by atoms with E-state index in [4.69, 9.17) is 9.47 Å². The van der Waals surface area contributed by atoms with Crippen molar-refractivity contribution in [3.8, 4) is 5.75 Å². The van der Waals surface area contributed by atoms with Gasteiger partial charge in [0.15, 0.2) is 6.61 Å². The molecule has 0 bridgehead atoms. The number of piperidine rings is 1. The number of esters is 1. The molecule has 0 aliphatic carbocycles. The van der Waals surface area contributed by atoms with Gasteiger partial charge in [-0.2, -0.15) is 0 Å². The van der Waals surface area contributed by atoms with Gasteiger partial charge in [0.1, 0.15) is 18.6 Å². The number of hydrogen-bond acceptors (Lipinski definition) is 7.